The van der Waals surface area contributed by atoms with Gasteiger partial charge in [-0.05, 0) is 35.4 Å². The zero-order valence-electron chi connectivity index (χ0n) is 20.4. The molecule has 1 aromatic heterocycles. The predicted molar refractivity (Wildman–Crippen MR) is 136 cm³/mol. The number of pyridine rings is 1. The molecule has 39 heavy (non-hydrogen) atoms. The number of nitrogens with one attached hydrogen (secondary N) is 1. The van der Waals surface area contributed by atoms with Crippen LogP contribution in [-0.2, 0) is 6.18 Å². The summed E-state index contributed by atoms with van der Waals surface area (Å²) in [7, 11) is 0. The lowest BCUT2D eigenvalue weighted by Crippen LogP contribution is -2.26. The van der Waals surface area contributed by atoms with Crippen LogP contribution < -0.4 is 5.32 Å². The molecule has 2 aliphatic heterocycles. The van der Waals surface area contributed by atoms with Crippen molar-refractivity contribution in [3.63, 3.8) is 0 Å². The fraction of sp³-hybridized carbons (Fsp3) is 0.214. The SMILES string of the molecule is FC(F)(F)C1=CN2C[C@@H](c3ccccc3)N=C2C=C1.OCC(Nc1ccc(C(F)(F)F)cn1)c1ccccc1. The Morgan fingerprint density at radius 2 is 1.54 bits per heavy atom. The number of aliphatic hydroxyl groups excluding tert-OH is 1. The maximum absolute atomic E-state index is 12.6. The lowest BCUT2D eigenvalue weighted by molar-refractivity contribution is -0.137. The molecule has 0 bridgehead atoms. The number of aliphatic hydroxyl groups is 1. The Bertz CT molecular complexity index is 1320. The van der Waals surface area contributed by atoms with Gasteiger partial charge in [-0.25, -0.2) is 4.98 Å². The average molecular weight is 547 g/mol. The lowest BCUT2D eigenvalue weighted by Gasteiger charge is -2.20. The quantitative estimate of drug-likeness (QED) is 0.350. The van der Waals surface area contributed by atoms with E-state index in [0.29, 0.717) is 12.4 Å². The Balaban J connectivity index is 0.000000181. The third kappa shape index (κ3) is 7.26. The zero-order chi connectivity index (χ0) is 28.0. The lowest BCUT2D eigenvalue weighted by atomic mass is 10.1. The molecule has 1 unspecified atom stereocenters. The molecule has 0 spiro atoms. The van der Waals surface area contributed by atoms with E-state index in [4.69, 9.17) is 0 Å². The van der Waals surface area contributed by atoms with Crippen LogP contribution in [0, 0.1) is 0 Å². The van der Waals surface area contributed by atoms with Crippen molar-refractivity contribution < 1.29 is 31.4 Å². The second-order valence-corrected chi connectivity index (χ2v) is 8.70. The average Bonchev–Trinajstić information content (AvgIpc) is 3.36. The molecular weight excluding hydrogens is 522 g/mol. The van der Waals surface area contributed by atoms with Gasteiger partial charge in [0.05, 0.1) is 36.4 Å². The largest absolute Gasteiger partial charge is 0.417 e. The number of hydrogen-bond acceptors (Lipinski definition) is 5. The van der Waals surface area contributed by atoms with E-state index in [9.17, 15) is 31.4 Å². The number of amidine groups is 1. The van der Waals surface area contributed by atoms with E-state index in [0.717, 1.165) is 35.7 Å². The summed E-state index contributed by atoms with van der Waals surface area (Å²) < 4.78 is 75.1. The second kappa shape index (κ2) is 11.7. The third-order valence-electron chi connectivity index (χ3n) is 5.97. The Kier molecular flexibility index (Phi) is 8.39. The summed E-state index contributed by atoms with van der Waals surface area (Å²) >= 11 is 0. The van der Waals surface area contributed by atoms with Crippen molar-refractivity contribution in [2.75, 3.05) is 18.5 Å². The monoisotopic (exact) mass is 546 g/mol. The van der Waals surface area contributed by atoms with Crippen molar-refractivity contribution in [1.82, 2.24) is 9.88 Å². The van der Waals surface area contributed by atoms with Gasteiger partial charge in [0.25, 0.3) is 0 Å². The van der Waals surface area contributed by atoms with Gasteiger partial charge in [-0.3, -0.25) is 4.99 Å². The molecule has 5 nitrogen and oxygen atoms in total. The highest BCUT2D eigenvalue weighted by Crippen LogP contribution is 2.33. The van der Waals surface area contributed by atoms with Crippen LogP contribution in [-0.4, -0.2) is 40.2 Å². The van der Waals surface area contributed by atoms with Crippen LogP contribution >= 0.6 is 0 Å². The summed E-state index contributed by atoms with van der Waals surface area (Å²) in [5.41, 5.74) is 0.403. The third-order valence-corrected chi connectivity index (χ3v) is 5.97. The molecule has 204 valence electrons. The fourth-order valence-electron chi connectivity index (χ4n) is 3.96. The fourth-order valence-corrected chi connectivity index (χ4v) is 3.96. The van der Waals surface area contributed by atoms with Gasteiger partial charge in [-0.1, -0.05) is 60.7 Å². The van der Waals surface area contributed by atoms with Crippen LogP contribution in [0.3, 0.4) is 0 Å². The van der Waals surface area contributed by atoms with E-state index in [2.05, 4.69) is 15.3 Å². The molecule has 2 N–H and O–H groups in total. The van der Waals surface area contributed by atoms with Gasteiger partial charge in [0.15, 0.2) is 0 Å². The van der Waals surface area contributed by atoms with Crippen molar-refractivity contribution in [2.45, 2.75) is 24.4 Å². The van der Waals surface area contributed by atoms with Gasteiger partial charge in [-0.2, -0.15) is 26.3 Å². The van der Waals surface area contributed by atoms with E-state index in [1.807, 2.05) is 60.7 Å². The van der Waals surface area contributed by atoms with Gasteiger partial charge in [0.2, 0.25) is 0 Å². The van der Waals surface area contributed by atoms with Crippen LogP contribution in [0.4, 0.5) is 32.2 Å². The summed E-state index contributed by atoms with van der Waals surface area (Å²) in [5, 5.41) is 12.2. The van der Waals surface area contributed by atoms with E-state index in [1.165, 1.54) is 12.1 Å². The van der Waals surface area contributed by atoms with Gasteiger partial charge in [0.1, 0.15) is 11.7 Å². The minimum absolute atomic E-state index is 0.107. The molecule has 2 aliphatic rings. The maximum Gasteiger partial charge on any atom is 0.417 e. The maximum atomic E-state index is 12.6. The first-order chi connectivity index (χ1) is 18.5. The molecule has 11 heteroatoms. The standard InChI is InChI=1S/C14H13F3N2O.C14H11F3N2/c15-14(16,17)11-6-7-13(18-8-11)19-12(9-20)10-4-2-1-3-5-10;15-14(16,17)11-6-7-13-18-12(9-19(13)8-11)10-4-2-1-3-5-10/h1-8,12,20H,9H2,(H,18,19);1-8,12H,9H2/t;12-/m.0/s1. The van der Waals surface area contributed by atoms with Crippen LogP contribution in [0.1, 0.15) is 28.8 Å². The minimum Gasteiger partial charge on any atom is -0.394 e. The molecule has 2 atom stereocenters. The Labute approximate surface area is 220 Å². The van der Waals surface area contributed by atoms with Gasteiger partial charge < -0.3 is 15.3 Å². The van der Waals surface area contributed by atoms with Crippen molar-refractivity contribution in [3.05, 3.63) is 120 Å². The van der Waals surface area contributed by atoms with Crippen molar-refractivity contribution in [1.29, 1.82) is 0 Å². The molecule has 0 radical (unpaired) electrons. The van der Waals surface area contributed by atoms with Gasteiger partial charge in [-0.15, -0.1) is 0 Å². The first kappa shape index (κ1) is 27.9. The number of aliphatic imine (C=N–C) groups is 1. The number of anilines is 1. The van der Waals surface area contributed by atoms with E-state index >= 15 is 0 Å². The summed E-state index contributed by atoms with van der Waals surface area (Å²) in [6.45, 7) is 0.260. The first-order valence-electron chi connectivity index (χ1n) is 11.9. The summed E-state index contributed by atoms with van der Waals surface area (Å²) in [5.74, 6) is 0.864. The van der Waals surface area contributed by atoms with Crippen molar-refractivity contribution in [3.8, 4) is 0 Å². The molecule has 0 saturated carbocycles. The highest BCUT2D eigenvalue weighted by atomic mass is 19.4. The second-order valence-electron chi connectivity index (χ2n) is 8.70. The van der Waals surface area contributed by atoms with Crippen molar-refractivity contribution in [2.24, 2.45) is 4.99 Å². The van der Waals surface area contributed by atoms with Crippen molar-refractivity contribution >= 4 is 11.7 Å². The Morgan fingerprint density at radius 3 is 2.10 bits per heavy atom. The Morgan fingerprint density at radius 1 is 0.872 bits per heavy atom. The van der Waals surface area contributed by atoms with E-state index < -0.39 is 29.5 Å². The highest BCUT2D eigenvalue weighted by Gasteiger charge is 2.36. The number of rotatable bonds is 5. The van der Waals surface area contributed by atoms with Gasteiger partial charge in [0, 0.05) is 12.4 Å². The normalized spacial score (nSPS) is 17.4. The number of fused-ring (bicyclic) bond motifs is 1. The number of alkyl halides is 6. The zero-order valence-corrected chi connectivity index (χ0v) is 20.4. The summed E-state index contributed by atoms with van der Waals surface area (Å²) in [6.07, 6.45) is -4.33. The molecule has 0 saturated heterocycles. The number of hydrogen-bond donors (Lipinski definition) is 2. The molecule has 3 heterocycles. The smallest absolute Gasteiger partial charge is 0.394 e. The predicted octanol–water partition coefficient (Wildman–Crippen LogP) is 6.70. The minimum atomic E-state index is -4.40. The van der Waals surface area contributed by atoms with E-state index in [1.54, 1.807) is 4.90 Å². The molecular formula is C28H24F6N4O. The summed E-state index contributed by atoms with van der Waals surface area (Å²) in [6, 6.07) is 20.4. The molecule has 5 rings (SSSR count). The molecule has 2 aromatic carbocycles. The molecule has 0 aliphatic carbocycles. The first-order valence-corrected chi connectivity index (χ1v) is 11.9. The topological polar surface area (TPSA) is 60.8 Å². The molecule has 0 fully saturated rings. The summed E-state index contributed by atoms with van der Waals surface area (Å²) in [4.78, 5) is 9.71. The number of halogens is 6. The van der Waals surface area contributed by atoms with Crippen LogP contribution in [0.5, 0.6) is 0 Å². The number of benzene rings is 2. The van der Waals surface area contributed by atoms with Crippen LogP contribution in [0.2, 0.25) is 0 Å². The van der Waals surface area contributed by atoms with Crippen LogP contribution in [0.15, 0.2) is 108 Å². The Hall–Kier alpha value is -4.12. The highest BCUT2D eigenvalue weighted by molar-refractivity contribution is 5.96. The number of allylic oxidation sites excluding steroid dienone is 2. The molecule has 3 aromatic rings. The number of nitrogens with zero attached hydrogens (tertiary/aromatic N) is 3. The number of aromatic nitrogens is 1. The molecule has 0 amide bonds. The van der Waals surface area contributed by atoms with E-state index in [-0.39, 0.29) is 18.5 Å². The van der Waals surface area contributed by atoms with Gasteiger partial charge >= 0.3 is 12.4 Å². The van der Waals surface area contributed by atoms with Crippen LogP contribution in [0.25, 0.3) is 0 Å².